The molecule has 30 heavy (non-hydrogen) atoms. The lowest BCUT2D eigenvalue weighted by atomic mass is 9.85. The minimum atomic E-state index is 0.578. The zero-order chi connectivity index (χ0) is 21.4. The highest BCUT2D eigenvalue weighted by Crippen LogP contribution is 2.34. The molecule has 2 atom stereocenters. The Balaban J connectivity index is 1.65. The van der Waals surface area contributed by atoms with E-state index in [-0.39, 0.29) is 0 Å². The van der Waals surface area contributed by atoms with E-state index in [4.69, 9.17) is 0 Å². The third kappa shape index (κ3) is 3.35. The Bertz CT molecular complexity index is 1160. The van der Waals surface area contributed by atoms with Crippen molar-refractivity contribution in [3.05, 3.63) is 63.3 Å². The molecule has 2 aliphatic heterocycles. The van der Waals surface area contributed by atoms with Gasteiger partial charge in [0.05, 0.1) is 23.4 Å². The number of fused-ring (bicyclic) bond motifs is 1. The van der Waals surface area contributed by atoms with Crippen LogP contribution in [0.15, 0.2) is 30.5 Å². The Labute approximate surface area is 177 Å². The second-order valence-electron chi connectivity index (χ2n) is 8.17. The molecule has 0 radical (unpaired) electrons. The molecule has 2 saturated heterocycles. The van der Waals surface area contributed by atoms with Gasteiger partial charge in [0, 0.05) is 41.8 Å². The lowest BCUT2D eigenvalue weighted by Gasteiger charge is -2.62. The largest absolute Gasteiger partial charge is 0.364 e. The number of nitrogens with zero attached hydrogens (tertiary/aromatic N) is 5. The van der Waals surface area contributed by atoms with Crippen LogP contribution in [0.2, 0.25) is 0 Å². The fourth-order valence-corrected chi connectivity index (χ4v) is 4.43. The number of anilines is 1. The number of hydrogen-bond acceptors (Lipinski definition) is 6. The van der Waals surface area contributed by atoms with Crippen molar-refractivity contribution in [3.63, 3.8) is 0 Å². The summed E-state index contributed by atoms with van der Waals surface area (Å²) in [6.45, 7) is 13.0. The van der Waals surface area contributed by atoms with Gasteiger partial charge in [0.15, 0.2) is 5.82 Å². The third-order valence-electron chi connectivity index (χ3n) is 6.49. The van der Waals surface area contributed by atoms with E-state index in [1.54, 1.807) is 0 Å². The number of likely N-dealkylation sites (tertiary alicyclic amines) is 2. The van der Waals surface area contributed by atoms with Crippen LogP contribution < -0.4 is 15.8 Å². The summed E-state index contributed by atoms with van der Waals surface area (Å²) in [5.74, 6) is 0.736. The summed E-state index contributed by atoms with van der Waals surface area (Å²) in [6, 6.07) is 9.29. The molecule has 3 heterocycles. The molecule has 0 aliphatic carbocycles. The van der Waals surface area contributed by atoms with Crippen molar-refractivity contribution >= 4 is 18.0 Å². The molecular formula is C24H28N6. The lowest BCUT2D eigenvalue weighted by Crippen LogP contribution is -2.76. The van der Waals surface area contributed by atoms with Crippen LogP contribution in [0.5, 0.6) is 0 Å². The van der Waals surface area contributed by atoms with E-state index in [1.807, 2.05) is 39.0 Å². The summed E-state index contributed by atoms with van der Waals surface area (Å²) in [5, 5.41) is 23.6. The van der Waals surface area contributed by atoms with E-state index >= 15 is 0 Å². The molecule has 0 saturated carbocycles. The summed E-state index contributed by atoms with van der Waals surface area (Å²) in [4.78, 5) is 4.77. The summed E-state index contributed by atoms with van der Waals surface area (Å²) >= 11 is 0. The van der Waals surface area contributed by atoms with E-state index in [9.17, 15) is 5.26 Å². The third-order valence-corrected chi connectivity index (χ3v) is 6.49. The molecule has 2 aromatic rings. The van der Waals surface area contributed by atoms with Crippen LogP contribution in [0.4, 0.5) is 5.82 Å². The Hall–Kier alpha value is -3.17. The Kier molecular flexibility index (Phi) is 5.31. The average molecular weight is 401 g/mol. The first-order valence-electron chi connectivity index (χ1n) is 10.3. The van der Waals surface area contributed by atoms with Crippen molar-refractivity contribution in [2.45, 2.75) is 39.4 Å². The molecule has 6 heteroatoms. The SMILES string of the molecule is C=C(/C=c1/c(NCc2cccc(C#N)c2C)nnc(C)/c1=C/C)N1CC2C1CN2C. The summed E-state index contributed by atoms with van der Waals surface area (Å²) in [7, 11) is 2.18. The number of allylic oxidation sites excluding steroid dienone is 1. The first-order chi connectivity index (χ1) is 14.4. The van der Waals surface area contributed by atoms with Gasteiger partial charge in [0.2, 0.25) is 0 Å². The summed E-state index contributed by atoms with van der Waals surface area (Å²) in [6.07, 6.45) is 4.21. The van der Waals surface area contributed by atoms with Gasteiger partial charge in [-0.15, -0.1) is 5.10 Å². The van der Waals surface area contributed by atoms with Gasteiger partial charge in [-0.25, -0.2) is 0 Å². The number of nitrogens with one attached hydrogen (secondary N) is 1. The van der Waals surface area contributed by atoms with Gasteiger partial charge in [-0.2, -0.15) is 10.4 Å². The molecular weight excluding hydrogens is 372 g/mol. The van der Waals surface area contributed by atoms with Crippen LogP contribution in [0.1, 0.15) is 29.3 Å². The lowest BCUT2D eigenvalue weighted by molar-refractivity contribution is -0.0875. The molecule has 0 amide bonds. The maximum absolute atomic E-state index is 9.29. The molecule has 1 N–H and O–H groups in total. The number of benzene rings is 1. The highest BCUT2D eigenvalue weighted by atomic mass is 15.4. The number of likely N-dealkylation sites (N-methyl/N-ethyl adjacent to an activating group) is 1. The quantitative estimate of drug-likeness (QED) is 0.824. The van der Waals surface area contributed by atoms with Gasteiger partial charge in [0.1, 0.15) is 0 Å². The Morgan fingerprint density at radius 3 is 2.70 bits per heavy atom. The Morgan fingerprint density at radius 2 is 2.07 bits per heavy atom. The molecule has 4 rings (SSSR count). The highest BCUT2D eigenvalue weighted by Gasteiger charge is 2.49. The van der Waals surface area contributed by atoms with Gasteiger partial charge in [-0.1, -0.05) is 24.8 Å². The summed E-state index contributed by atoms with van der Waals surface area (Å²) < 4.78 is 0. The van der Waals surface area contributed by atoms with E-state index < -0.39 is 0 Å². The summed E-state index contributed by atoms with van der Waals surface area (Å²) in [5.41, 5.74) is 4.68. The highest BCUT2D eigenvalue weighted by molar-refractivity contribution is 5.55. The van der Waals surface area contributed by atoms with E-state index in [2.05, 4.69) is 57.2 Å². The van der Waals surface area contributed by atoms with Crippen molar-refractivity contribution in [2.24, 2.45) is 0 Å². The maximum Gasteiger partial charge on any atom is 0.156 e. The topological polar surface area (TPSA) is 68.1 Å². The molecule has 1 aromatic heterocycles. The Morgan fingerprint density at radius 1 is 1.27 bits per heavy atom. The molecule has 2 fully saturated rings. The normalized spacial score (nSPS) is 21.5. The van der Waals surface area contributed by atoms with Crippen molar-refractivity contribution in [3.8, 4) is 6.07 Å². The number of nitriles is 1. The first kappa shape index (κ1) is 20.1. The predicted molar refractivity (Wildman–Crippen MR) is 120 cm³/mol. The molecule has 2 aliphatic rings. The number of aryl methyl sites for hydroxylation is 1. The van der Waals surface area contributed by atoms with Crippen LogP contribution in [0.3, 0.4) is 0 Å². The minimum absolute atomic E-state index is 0.578. The molecule has 0 spiro atoms. The minimum Gasteiger partial charge on any atom is -0.364 e. The van der Waals surface area contributed by atoms with E-state index in [0.717, 1.165) is 51.9 Å². The number of piperazine rings is 1. The second kappa shape index (κ2) is 7.92. The monoisotopic (exact) mass is 400 g/mol. The van der Waals surface area contributed by atoms with Crippen LogP contribution in [0.25, 0.3) is 12.2 Å². The van der Waals surface area contributed by atoms with Crippen LogP contribution in [-0.4, -0.2) is 52.2 Å². The average Bonchev–Trinajstić information content (AvgIpc) is 2.72. The van der Waals surface area contributed by atoms with Gasteiger partial charge >= 0.3 is 0 Å². The molecule has 0 bridgehead atoms. The first-order valence-corrected chi connectivity index (χ1v) is 10.3. The number of rotatable bonds is 5. The smallest absolute Gasteiger partial charge is 0.156 e. The number of aromatic nitrogens is 2. The van der Waals surface area contributed by atoms with Crippen molar-refractivity contribution in [1.82, 2.24) is 20.0 Å². The molecule has 1 aromatic carbocycles. The zero-order valence-corrected chi connectivity index (χ0v) is 18.1. The van der Waals surface area contributed by atoms with Crippen LogP contribution in [-0.2, 0) is 6.54 Å². The molecule has 154 valence electrons. The fraction of sp³-hybridized carbons (Fsp3) is 0.375. The maximum atomic E-state index is 9.29. The van der Waals surface area contributed by atoms with Crippen LogP contribution in [0, 0.1) is 25.2 Å². The molecule has 6 nitrogen and oxygen atoms in total. The van der Waals surface area contributed by atoms with Crippen LogP contribution >= 0.6 is 0 Å². The van der Waals surface area contributed by atoms with Gasteiger partial charge < -0.3 is 10.2 Å². The van der Waals surface area contributed by atoms with Crippen molar-refractivity contribution in [2.75, 3.05) is 25.5 Å². The second-order valence-corrected chi connectivity index (χ2v) is 8.17. The fourth-order valence-electron chi connectivity index (χ4n) is 4.43. The van der Waals surface area contributed by atoms with Crippen molar-refractivity contribution < 1.29 is 0 Å². The predicted octanol–water partition coefficient (Wildman–Crippen LogP) is 1.67. The van der Waals surface area contributed by atoms with Gasteiger partial charge in [-0.3, -0.25) is 4.90 Å². The van der Waals surface area contributed by atoms with Crippen molar-refractivity contribution in [1.29, 1.82) is 5.26 Å². The zero-order valence-electron chi connectivity index (χ0n) is 18.1. The van der Waals surface area contributed by atoms with Gasteiger partial charge in [-0.05, 0) is 51.1 Å². The molecule has 2 unspecified atom stereocenters. The van der Waals surface area contributed by atoms with Gasteiger partial charge in [0.25, 0.3) is 0 Å². The standard InChI is InChI=1S/C24H28N6/c1-6-20-17(4)27-28-24(26-12-19-9-7-8-18(11-25)16(19)3)21(20)10-15(2)30-14-22-23(30)13-29(22)5/h6-10,22-23H,2,12-14H2,1,3-5H3,(H,26,28)/b20-6-,21-10+. The van der Waals surface area contributed by atoms with E-state index in [1.165, 1.54) is 0 Å². The number of hydrogen-bond donors (Lipinski definition) is 1. The van der Waals surface area contributed by atoms with E-state index in [0.29, 0.717) is 24.2 Å².